The van der Waals surface area contributed by atoms with Crippen LogP contribution in [0.1, 0.15) is 12.5 Å². The van der Waals surface area contributed by atoms with Crippen molar-refractivity contribution in [3.63, 3.8) is 0 Å². The fourth-order valence-corrected chi connectivity index (χ4v) is 1.74. The van der Waals surface area contributed by atoms with E-state index in [0.717, 1.165) is 5.56 Å². The molecule has 2 atom stereocenters. The standard InChI is InChI=1S/C14H20N2O3/c1-10(14(18)19-3)16(2)13(17)12(15)9-11-7-5-4-6-8-11/h4-8,10,12H,9,15H2,1-3H3/t10-,12-/m0/s1. The number of nitrogens with zero attached hydrogens (tertiary/aromatic N) is 1. The van der Waals surface area contributed by atoms with Crippen LogP contribution in [-0.4, -0.2) is 43.0 Å². The quantitative estimate of drug-likeness (QED) is 0.789. The van der Waals surface area contributed by atoms with Crippen LogP contribution in [0.15, 0.2) is 30.3 Å². The van der Waals surface area contributed by atoms with E-state index < -0.39 is 18.1 Å². The van der Waals surface area contributed by atoms with Crippen LogP contribution in [0.2, 0.25) is 0 Å². The van der Waals surface area contributed by atoms with E-state index in [1.54, 1.807) is 14.0 Å². The van der Waals surface area contributed by atoms with Crippen molar-refractivity contribution in [3.05, 3.63) is 35.9 Å². The molecular formula is C14H20N2O3. The van der Waals surface area contributed by atoms with Crippen molar-refractivity contribution in [1.29, 1.82) is 0 Å². The van der Waals surface area contributed by atoms with Gasteiger partial charge in [-0.25, -0.2) is 4.79 Å². The molecule has 0 saturated heterocycles. The van der Waals surface area contributed by atoms with E-state index in [-0.39, 0.29) is 5.91 Å². The van der Waals surface area contributed by atoms with E-state index in [2.05, 4.69) is 4.74 Å². The van der Waals surface area contributed by atoms with Gasteiger partial charge < -0.3 is 15.4 Å². The average Bonchev–Trinajstić information content (AvgIpc) is 2.44. The molecule has 2 N–H and O–H groups in total. The highest BCUT2D eigenvalue weighted by molar-refractivity contribution is 5.87. The van der Waals surface area contributed by atoms with Gasteiger partial charge in [-0.05, 0) is 18.9 Å². The number of ether oxygens (including phenoxy) is 1. The molecule has 0 radical (unpaired) electrons. The Bertz CT molecular complexity index is 434. The summed E-state index contributed by atoms with van der Waals surface area (Å²) in [4.78, 5) is 24.8. The van der Waals surface area contributed by atoms with Gasteiger partial charge >= 0.3 is 5.97 Å². The number of rotatable bonds is 5. The smallest absolute Gasteiger partial charge is 0.328 e. The molecule has 1 amide bonds. The normalized spacial score (nSPS) is 13.5. The zero-order valence-corrected chi connectivity index (χ0v) is 11.5. The Morgan fingerprint density at radius 3 is 2.42 bits per heavy atom. The SMILES string of the molecule is COC(=O)[C@H](C)N(C)C(=O)[C@@H](N)Cc1ccccc1. The summed E-state index contributed by atoms with van der Waals surface area (Å²) < 4.78 is 4.61. The molecule has 104 valence electrons. The molecule has 19 heavy (non-hydrogen) atoms. The Morgan fingerprint density at radius 1 is 1.32 bits per heavy atom. The van der Waals surface area contributed by atoms with E-state index in [9.17, 15) is 9.59 Å². The highest BCUT2D eigenvalue weighted by Gasteiger charge is 2.26. The third-order valence-electron chi connectivity index (χ3n) is 3.09. The summed E-state index contributed by atoms with van der Waals surface area (Å²) in [6.45, 7) is 1.61. The van der Waals surface area contributed by atoms with Crippen LogP contribution in [0.25, 0.3) is 0 Å². The summed E-state index contributed by atoms with van der Waals surface area (Å²) in [6, 6.07) is 8.22. The van der Waals surface area contributed by atoms with Crippen LogP contribution in [0.3, 0.4) is 0 Å². The first kappa shape index (κ1) is 15.2. The number of carbonyl (C=O) groups is 2. The van der Waals surface area contributed by atoms with Crippen LogP contribution < -0.4 is 5.73 Å². The molecule has 1 aromatic carbocycles. The highest BCUT2D eigenvalue weighted by atomic mass is 16.5. The van der Waals surface area contributed by atoms with Gasteiger partial charge in [0.2, 0.25) is 5.91 Å². The number of hydrogen-bond donors (Lipinski definition) is 1. The maximum Gasteiger partial charge on any atom is 0.328 e. The highest BCUT2D eigenvalue weighted by Crippen LogP contribution is 2.06. The Hall–Kier alpha value is -1.88. The third-order valence-corrected chi connectivity index (χ3v) is 3.09. The summed E-state index contributed by atoms with van der Waals surface area (Å²) in [5.41, 5.74) is 6.87. The molecule has 1 aromatic rings. The second kappa shape index (κ2) is 6.89. The molecule has 0 aliphatic rings. The zero-order valence-electron chi connectivity index (χ0n) is 11.5. The first-order chi connectivity index (χ1) is 8.97. The summed E-state index contributed by atoms with van der Waals surface area (Å²) in [5.74, 6) is -0.732. The summed E-state index contributed by atoms with van der Waals surface area (Å²) in [7, 11) is 2.84. The number of hydrogen-bond acceptors (Lipinski definition) is 4. The van der Waals surface area contributed by atoms with Crippen LogP contribution in [0.4, 0.5) is 0 Å². The summed E-state index contributed by atoms with van der Waals surface area (Å²) in [5, 5.41) is 0. The molecule has 0 fully saturated rings. The monoisotopic (exact) mass is 264 g/mol. The van der Waals surface area contributed by atoms with Crippen molar-refractivity contribution < 1.29 is 14.3 Å². The number of amides is 1. The molecule has 0 spiro atoms. The van der Waals surface area contributed by atoms with Crippen molar-refractivity contribution in [3.8, 4) is 0 Å². The Labute approximate surface area is 113 Å². The summed E-state index contributed by atoms with van der Waals surface area (Å²) in [6.07, 6.45) is 0.442. The first-order valence-corrected chi connectivity index (χ1v) is 6.11. The van der Waals surface area contributed by atoms with Gasteiger partial charge in [0.1, 0.15) is 6.04 Å². The van der Waals surface area contributed by atoms with Crippen molar-refractivity contribution in [2.24, 2.45) is 5.73 Å². The Balaban J connectivity index is 2.64. The molecule has 0 aliphatic carbocycles. The molecule has 0 aliphatic heterocycles. The number of esters is 1. The van der Waals surface area contributed by atoms with Gasteiger partial charge in [-0.1, -0.05) is 30.3 Å². The van der Waals surface area contributed by atoms with E-state index in [0.29, 0.717) is 6.42 Å². The second-order valence-corrected chi connectivity index (χ2v) is 4.44. The molecule has 0 unspecified atom stereocenters. The lowest BCUT2D eigenvalue weighted by atomic mass is 10.1. The van der Waals surface area contributed by atoms with E-state index >= 15 is 0 Å². The number of carbonyl (C=O) groups excluding carboxylic acids is 2. The maximum absolute atomic E-state index is 12.1. The summed E-state index contributed by atoms with van der Waals surface area (Å²) >= 11 is 0. The molecule has 0 bridgehead atoms. The molecule has 5 nitrogen and oxygen atoms in total. The fourth-order valence-electron chi connectivity index (χ4n) is 1.74. The number of methoxy groups -OCH3 is 1. The third kappa shape index (κ3) is 4.06. The number of likely N-dealkylation sites (N-methyl/N-ethyl adjacent to an activating group) is 1. The van der Waals surface area contributed by atoms with Gasteiger partial charge in [-0.3, -0.25) is 4.79 Å². The molecular weight excluding hydrogens is 244 g/mol. The van der Waals surface area contributed by atoms with Crippen LogP contribution >= 0.6 is 0 Å². The van der Waals surface area contributed by atoms with Crippen LogP contribution in [0.5, 0.6) is 0 Å². The number of benzene rings is 1. The lowest BCUT2D eigenvalue weighted by molar-refractivity contribution is -0.151. The largest absolute Gasteiger partial charge is 0.467 e. The van der Waals surface area contributed by atoms with Gasteiger partial charge in [0.25, 0.3) is 0 Å². The molecule has 0 aromatic heterocycles. The molecule has 0 heterocycles. The lowest BCUT2D eigenvalue weighted by Gasteiger charge is -2.25. The van der Waals surface area contributed by atoms with E-state index in [1.807, 2.05) is 30.3 Å². The molecule has 5 heteroatoms. The number of nitrogens with two attached hydrogens (primary N) is 1. The fraction of sp³-hybridized carbons (Fsp3) is 0.429. The van der Waals surface area contributed by atoms with E-state index in [4.69, 9.17) is 5.73 Å². The van der Waals surface area contributed by atoms with E-state index in [1.165, 1.54) is 12.0 Å². The Morgan fingerprint density at radius 2 is 1.89 bits per heavy atom. The Kier molecular flexibility index (Phi) is 5.51. The zero-order chi connectivity index (χ0) is 14.4. The topological polar surface area (TPSA) is 72.6 Å². The minimum Gasteiger partial charge on any atom is -0.467 e. The predicted octanol–water partition coefficient (Wildman–Crippen LogP) is 0.576. The van der Waals surface area contributed by atoms with Crippen molar-refractivity contribution in [2.45, 2.75) is 25.4 Å². The minimum absolute atomic E-state index is 0.276. The van der Waals surface area contributed by atoms with Gasteiger partial charge in [0.05, 0.1) is 13.2 Å². The maximum atomic E-state index is 12.1. The van der Waals surface area contributed by atoms with Gasteiger partial charge in [0, 0.05) is 7.05 Å². The van der Waals surface area contributed by atoms with Crippen LogP contribution in [0, 0.1) is 0 Å². The average molecular weight is 264 g/mol. The first-order valence-electron chi connectivity index (χ1n) is 6.11. The van der Waals surface area contributed by atoms with Gasteiger partial charge in [0.15, 0.2) is 0 Å². The van der Waals surface area contributed by atoms with Crippen molar-refractivity contribution in [2.75, 3.05) is 14.2 Å². The van der Waals surface area contributed by atoms with Crippen LogP contribution in [-0.2, 0) is 20.7 Å². The predicted molar refractivity (Wildman–Crippen MR) is 72.4 cm³/mol. The second-order valence-electron chi connectivity index (χ2n) is 4.44. The van der Waals surface area contributed by atoms with Gasteiger partial charge in [-0.2, -0.15) is 0 Å². The lowest BCUT2D eigenvalue weighted by Crippen LogP contribution is -2.49. The molecule has 0 saturated carbocycles. The van der Waals surface area contributed by atoms with Gasteiger partial charge in [-0.15, -0.1) is 0 Å². The van der Waals surface area contributed by atoms with Crippen molar-refractivity contribution in [1.82, 2.24) is 4.90 Å². The minimum atomic E-state index is -0.667. The molecule has 1 rings (SSSR count). The van der Waals surface area contributed by atoms with Crippen molar-refractivity contribution >= 4 is 11.9 Å².